The van der Waals surface area contributed by atoms with Gasteiger partial charge in [0.1, 0.15) is 5.82 Å². The first kappa shape index (κ1) is 14.5. The summed E-state index contributed by atoms with van der Waals surface area (Å²) < 4.78 is 0. The molecule has 0 aliphatic carbocycles. The third-order valence-corrected chi connectivity index (χ3v) is 3.42. The van der Waals surface area contributed by atoms with Crippen molar-refractivity contribution in [3.63, 3.8) is 0 Å². The van der Waals surface area contributed by atoms with Crippen LogP contribution in [-0.4, -0.2) is 18.1 Å². The molecule has 0 aliphatic heterocycles. The molecule has 2 N–H and O–H groups in total. The fourth-order valence-electron chi connectivity index (χ4n) is 2.41. The van der Waals surface area contributed by atoms with Crippen LogP contribution in [0.2, 0.25) is 0 Å². The van der Waals surface area contributed by atoms with Crippen LogP contribution in [0.5, 0.6) is 0 Å². The third kappa shape index (κ3) is 3.36. The lowest BCUT2D eigenvalue weighted by atomic mass is 10.1. The predicted octanol–water partition coefficient (Wildman–Crippen LogP) is 3.36. The second kappa shape index (κ2) is 6.06. The summed E-state index contributed by atoms with van der Waals surface area (Å²) in [4.78, 5) is 6.66. The summed E-state index contributed by atoms with van der Waals surface area (Å²) in [5.74, 6) is 0.949. The van der Waals surface area contributed by atoms with Gasteiger partial charge in [0.2, 0.25) is 0 Å². The molecule has 0 saturated carbocycles. The van der Waals surface area contributed by atoms with Crippen molar-refractivity contribution < 1.29 is 0 Å². The molecule has 1 heterocycles. The highest BCUT2D eigenvalue weighted by atomic mass is 15.2. The lowest BCUT2D eigenvalue weighted by Gasteiger charge is -2.21. The van der Waals surface area contributed by atoms with E-state index in [1.165, 1.54) is 22.4 Å². The molecule has 2 aromatic rings. The lowest BCUT2D eigenvalue weighted by Crippen LogP contribution is -2.18. The van der Waals surface area contributed by atoms with Crippen LogP contribution < -0.4 is 10.6 Å². The Labute approximate surface area is 121 Å². The Kier molecular flexibility index (Phi) is 4.40. The van der Waals surface area contributed by atoms with Gasteiger partial charge < -0.3 is 10.6 Å². The van der Waals surface area contributed by atoms with Gasteiger partial charge in [-0.2, -0.15) is 0 Å². The van der Waals surface area contributed by atoms with Gasteiger partial charge in [0.25, 0.3) is 0 Å². The highest BCUT2D eigenvalue weighted by molar-refractivity contribution is 5.63. The van der Waals surface area contributed by atoms with Gasteiger partial charge in [0, 0.05) is 25.0 Å². The van der Waals surface area contributed by atoms with E-state index in [1.807, 2.05) is 20.2 Å². The van der Waals surface area contributed by atoms with Crippen molar-refractivity contribution in [1.82, 2.24) is 4.98 Å². The predicted molar refractivity (Wildman–Crippen MR) is 85.6 cm³/mol. The summed E-state index contributed by atoms with van der Waals surface area (Å²) in [6.45, 7) is 6.25. The zero-order chi connectivity index (χ0) is 14.7. The van der Waals surface area contributed by atoms with Gasteiger partial charge in [0.15, 0.2) is 0 Å². The Balaban J connectivity index is 2.22. The van der Waals surface area contributed by atoms with Crippen molar-refractivity contribution in [1.29, 1.82) is 0 Å². The molecule has 0 bridgehead atoms. The molecular weight excluding hydrogens is 246 g/mol. The van der Waals surface area contributed by atoms with Gasteiger partial charge in [-0.25, -0.2) is 4.98 Å². The number of aryl methyl sites for hydroxylation is 2. The minimum absolute atomic E-state index is 0.166. The van der Waals surface area contributed by atoms with E-state index in [0.29, 0.717) is 0 Å². The summed E-state index contributed by atoms with van der Waals surface area (Å²) in [7, 11) is 2.05. The summed E-state index contributed by atoms with van der Waals surface area (Å²) in [6.07, 6.45) is 2.78. The molecule has 0 radical (unpaired) electrons. The van der Waals surface area contributed by atoms with Crippen molar-refractivity contribution in [2.24, 2.45) is 5.73 Å². The fourth-order valence-corrected chi connectivity index (χ4v) is 2.41. The maximum atomic E-state index is 5.81. The topological polar surface area (TPSA) is 42.1 Å². The average molecular weight is 269 g/mol. The quantitative estimate of drug-likeness (QED) is 0.925. The summed E-state index contributed by atoms with van der Waals surface area (Å²) in [5, 5.41) is 0. The zero-order valence-corrected chi connectivity index (χ0v) is 12.7. The number of aromatic nitrogens is 1. The first-order chi connectivity index (χ1) is 9.47. The number of pyridine rings is 1. The lowest BCUT2D eigenvalue weighted by molar-refractivity contribution is 0.735. The Morgan fingerprint density at radius 2 is 1.95 bits per heavy atom. The normalized spacial score (nSPS) is 12.2. The second-order valence-corrected chi connectivity index (χ2v) is 5.56. The number of rotatable bonds is 4. The van der Waals surface area contributed by atoms with Crippen molar-refractivity contribution in [3.05, 3.63) is 53.2 Å². The SMILES string of the molecule is Cc1ccc(N(C)c2ccc(CC(C)N)cn2)c(C)c1. The molecule has 3 nitrogen and oxygen atoms in total. The number of hydrogen-bond acceptors (Lipinski definition) is 3. The minimum Gasteiger partial charge on any atom is -0.329 e. The van der Waals surface area contributed by atoms with E-state index in [0.717, 1.165) is 12.2 Å². The molecular formula is C17H23N3. The number of benzene rings is 1. The molecule has 3 heteroatoms. The van der Waals surface area contributed by atoms with Gasteiger partial charge in [-0.3, -0.25) is 0 Å². The van der Waals surface area contributed by atoms with Crippen LogP contribution in [0, 0.1) is 13.8 Å². The fraction of sp³-hybridized carbons (Fsp3) is 0.353. The molecule has 0 fully saturated rings. The molecule has 20 heavy (non-hydrogen) atoms. The number of anilines is 2. The number of nitrogens with zero attached hydrogens (tertiary/aromatic N) is 2. The van der Waals surface area contributed by atoms with Gasteiger partial charge in [-0.1, -0.05) is 23.8 Å². The highest BCUT2D eigenvalue weighted by Crippen LogP contribution is 2.26. The number of nitrogens with two attached hydrogens (primary N) is 1. The first-order valence-electron chi connectivity index (χ1n) is 6.99. The van der Waals surface area contributed by atoms with E-state index in [1.54, 1.807) is 0 Å². The van der Waals surface area contributed by atoms with Crippen molar-refractivity contribution in [2.75, 3.05) is 11.9 Å². The second-order valence-electron chi connectivity index (χ2n) is 5.56. The monoisotopic (exact) mass is 269 g/mol. The summed E-state index contributed by atoms with van der Waals surface area (Å²) >= 11 is 0. The van der Waals surface area contributed by atoms with Crippen LogP contribution in [0.4, 0.5) is 11.5 Å². The third-order valence-electron chi connectivity index (χ3n) is 3.42. The maximum absolute atomic E-state index is 5.81. The van der Waals surface area contributed by atoms with Crippen molar-refractivity contribution >= 4 is 11.5 Å². The van der Waals surface area contributed by atoms with Crippen LogP contribution >= 0.6 is 0 Å². The van der Waals surface area contributed by atoms with Gasteiger partial charge in [-0.05, 0) is 50.5 Å². The zero-order valence-electron chi connectivity index (χ0n) is 12.7. The molecule has 1 aromatic carbocycles. The molecule has 0 amide bonds. The molecule has 0 spiro atoms. The van der Waals surface area contributed by atoms with E-state index >= 15 is 0 Å². The standard InChI is InChI=1S/C17H23N3/c1-12-5-7-16(13(2)9-12)20(4)17-8-6-15(11-19-17)10-14(3)18/h5-9,11,14H,10,18H2,1-4H3. The van der Waals surface area contributed by atoms with Crippen LogP contribution in [0.1, 0.15) is 23.6 Å². The van der Waals surface area contributed by atoms with Gasteiger partial charge in [0.05, 0.1) is 0 Å². The van der Waals surface area contributed by atoms with Crippen molar-refractivity contribution in [2.45, 2.75) is 33.2 Å². The van der Waals surface area contributed by atoms with Gasteiger partial charge in [-0.15, -0.1) is 0 Å². The Hall–Kier alpha value is -1.87. The summed E-state index contributed by atoms with van der Waals surface area (Å²) in [6, 6.07) is 10.8. The summed E-state index contributed by atoms with van der Waals surface area (Å²) in [5.41, 5.74) is 10.7. The van der Waals surface area contributed by atoms with Crippen molar-refractivity contribution in [3.8, 4) is 0 Å². The Morgan fingerprint density at radius 1 is 1.20 bits per heavy atom. The average Bonchev–Trinajstić information content (AvgIpc) is 2.38. The maximum Gasteiger partial charge on any atom is 0.132 e. The largest absolute Gasteiger partial charge is 0.329 e. The molecule has 1 aromatic heterocycles. The van der Waals surface area contributed by atoms with Crippen LogP contribution in [0.15, 0.2) is 36.5 Å². The smallest absolute Gasteiger partial charge is 0.132 e. The number of hydrogen-bond donors (Lipinski definition) is 1. The van der Waals surface area contributed by atoms with E-state index in [-0.39, 0.29) is 6.04 Å². The molecule has 0 saturated heterocycles. The molecule has 106 valence electrons. The minimum atomic E-state index is 0.166. The van der Waals surface area contributed by atoms with E-state index in [4.69, 9.17) is 5.73 Å². The highest BCUT2D eigenvalue weighted by Gasteiger charge is 2.08. The van der Waals surface area contributed by atoms with Crippen LogP contribution in [-0.2, 0) is 6.42 Å². The molecule has 2 rings (SSSR count). The first-order valence-corrected chi connectivity index (χ1v) is 6.99. The Morgan fingerprint density at radius 3 is 2.50 bits per heavy atom. The Bertz CT molecular complexity index is 573. The molecule has 1 atom stereocenters. The molecule has 0 aliphatic rings. The van der Waals surface area contributed by atoms with Crippen LogP contribution in [0.3, 0.4) is 0 Å². The van der Waals surface area contributed by atoms with E-state index in [2.05, 4.69) is 54.1 Å². The van der Waals surface area contributed by atoms with Gasteiger partial charge >= 0.3 is 0 Å². The van der Waals surface area contributed by atoms with E-state index < -0.39 is 0 Å². The van der Waals surface area contributed by atoms with Crippen LogP contribution in [0.25, 0.3) is 0 Å². The molecule has 1 unspecified atom stereocenters. The van der Waals surface area contributed by atoms with E-state index in [9.17, 15) is 0 Å².